The molecule has 0 spiro atoms. The summed E-state index contributed by atoms with van der Waals surface area (Å²) >= 11 is 6.70. The number of nitrogens with two attached hydrogens (primary N) is 1. The maximum atomic E-state index is 13.2. The van der Waals surface area contributed by atoms with Gasteiger partial charge in [0.15, 0.2) is 0 Å². The lowest BCUT2D eigenvalue weighted by Gasteiger charge is -2.14. The molecule has 2 N–H and O–H groups in total. The Kier molecular flexibility index (Phi) is 4.76. The summed E-state index contributed by atoms with van der Waals surface area (Å²) in [4.78, 5) is 0. The van der Waals surface area contributed by atoms with Crippen molar-refractivity contribution in [3.8, 4) is 0 Å². The molecule has 1 unspecified atom stereocenters. The van der Waals surface area contributed by atoms with Gasteiger partial charge in [0.25, 0.3) is 0 Å². The highest BCUT2D eigenvalue weighted by Crippen LogP contribution is 2.24. The summed E-state index contributed by atoms with van der Waals surface area (Å²) < 4.78 is 14.7. The minimum absolute atomic E-state index is 0.103. The van der Waals surface area contributed by atoms with Crippen LogP contribution in [0.15, 0.2) is 45.3 Å². The van der Waals surface area contributed by atoms with Gasteiger partial charge in [-0.05, 0) is 64.2 Å². The SMILES string of the molecule is Cc1ccc(C(N)Cc2ccc(F)c(Br)c2)cc1Br. The van der Waals surface area contributed by atoms with Gasteiger partial charge in [0.1, 0.15) is 5.82 Å². The summed E-state index contributed by atoms with van der Waals surface area (Å²) in [5.74, 6) is -0.254. The van der Waals surface area contributed by atoms with Gasteiger partial charge in [-0.15, -0.1) is 0 Å². The van der Waals surface area contributed by atoms with E-state index in [-0.39, 0.29) is 11.9 Å². The molecule has 100 valence electrons. The highest BCUT2D eigenvalue weighted by molar-refractivity contribution is 9.10. The molecule has 2 aromatic rings. The Morgan fingerprint density at radius 3 is 2.47 bits per heavy atom. The second-order valence-electron chi connectivity index (χ2n) is 4.57. The fraction of sp³-hybridized carbons (Fsp3) is 0.200. The molecule has 0 aromatic heterocycles. The van der Waals surface area contributed by atoms with Crippen LogP contribution in [0.1, 0.15) is 22.7 Å². The Hall–Kier alpha value is -0.710. The summed E-state index contributed by atoms with van der Waals surface area (Å²) in [7, 11) is 0. The van der Waals surface area contributed by atoms with Crippen LogP contribution in [0.2, 0.25) is 0 Å². The van der Waals surface area contributed by atoms with E-state index < -0.39 is 0 Å². The van der Waals surface area contributed by atoms with Crippen molar-refractivity contribution in [2.75, 3.05) is 0 Å². The van der Waals surface area contributed by atoms with Crippen LogP contribution >= 0.6 is 31.9 Å². The lowest BCUT2D eigenvalue weighted by molar-refractivity contribution is 0.618. The van der Waals surface area contributed by atoms with E-state index in [0.29, 0.717) is 10.9 Å². The van der Waals surface area contributed by atoms with Crippen LogP contribution in [-0.4, -0.2) is 0 Å². The van der Waals surface area contributed by atoms with E-state index >= 15 is 0 Å². The maximum absolute atomic E-state index is 13.2. The molecule has 0 aliphatic carbocycles. The average molecular weight is 387 g/mol. The zero-order valence-electron chi connectivity index (χ0n) is 10.5. The van der Waals surface area contributed by atoms with Crippen molar-refractivity contribution >= 4 is 31.9 Å². The molecule has 2 aromatic carbocycles. The van der Waals surface area contributed by atoms with E-state index in [1.165, 1.54) is 11.6 Å². The Morgan fingerprint density at radius 2 is 1.84 bits per heavy atom. The number of hydrogen-bond donors (Lipinski definition) is 1. The van der Waals surface area contributed by atoms with Crippen LogP contribution in [0.25, 0.3) is 0 Å². The lowest BCUT2D eigenvalue weighted by Crippen LogP contribution is -2.13. The largest absolute Gasteiger partial charge is 0.324 e. The van der Waals surface area contributed by atoms with Crippen molar-refractivity contribution in [1.29, 1.82) is 0 Å². The van der Waals surface area contributed by atoms with Crippen LogP contribution in [-0.2, 0) is 6.42 Å². The van der Waals surface area contributed by atoms with Crippen molar-refractivity contribution in [1.82, 2.24) is 0 Å². The molecule has 0 fully saturated rings. The first-order valence-corrected chi connectivity index (χ1v) is 7.51. The van der Waals surface area contributed by atoms with Gasteiger partial charge in [0.05, 0.1) is 4.47 Å². The highest BCUT2D eigenvalue weighted by atomic mass is 79.9. The van der Waals surface area contributed by atoms with E-state index in [4.69, 9.17) is 5.73 Å². The smallest absolute Gasteiger partial charge is 0.137 e. The quantitative estimate of drug-likeness (QED) is 0.797. The summed E-state index contributed by atoms with van der Waals surface area (Å²) in [6, 6.07) is 11.0. The number of benzene rings is 2. The minimum Gasteiger partial charge on any atom is -0.324 e. The van der Waals surface area contributed by atoms with Gasteiger partial charge in [0.2, 0.25) is 0 Å². The van der Waals surface area contributed by atoms with E-state index in [1.807, 2.05) is 25.1 Å². The number of rotatable bonds is 3. The van der Waals surface area contributed by atoms with E-state index in [0.717, 1.165) is 15.6 Å². The van der Waals surface area contributed by atoms with Crippen molar-refractivity contribution in [2.24, 2.45) is 5.73 Å². The predicted molar refractivity (Wildman–Crippen MR) is 83.6 cm³/mol. The average Bonchev–Trinajstić information content (AvgIpc) is 2.37. The van der Waals surface area contributed by atoms with Crippen molar-refractivity contribution in [2.45, 2.75) is 19.4 Å². The molecule has 0 radical (unpaired) electrons. The van der Waals surface area contributed by atoms with Gasteiger partial charge in [0, 0.05) is 10.5 Å². The van der Waals surface area contributed by atoms with Crippen molar-refractivity contribution in [3.05, 3.63) is 67.9 Å². The molecule has 1 nitrogen and oxygen atoms in total. The monoisotopic (exact) mass is 385 g/mol. The van der Waals surface area contributed by atoms with Crippen LogP contribution in [0.4, 0.5) is 4.39 Å². The van der Waals surface area contributed by atoms with Gasteiger partial charge < -0.3 is 5.73 Å². The molecule has 19 heavy (non-hydrogen) atoms. The van der Waals surface area contributed by atoms with Gasteiger partial charge in [-0.1, -0.05) is 34.1 Å². The predicted octanol–water partition coefficient (Wildman–Crippen LogP) is 4.90. The molecular formula is C15H14Br2FN. The minimum atomic E-state index is -0.254. The van der Waals surface area contributed by atoms with Gasteiger partial charge in [-0.3, -0.25) is 0 Å². The summed E-state index contributed by atoms with van der Waals surface area (Å²) in [5.41, 5.74) is 9.46. The Bertz CT molecular complexity index is 599. The normalized spacial score (nSPS) is 12.5. The highest BCUT2D eigenvalue weighted by Gasteiger charge is 2.10. The van der Waals surface area contributed by atoms with Gasteiger partial charge >= 0.3 is 0 Å². The zero-order chi connectivity index (χ0) is 14.0. The molecule has 0 saturated carbocycles. The van der Waals surface area contributed by atoms with E-state index in [9.17, 15) is 4.39 Å². The van der Waals surface area contributed by atoms with Crippen LogP contribution in [0.5, 0.6) is 0 Å². The van der Waals surface area contributed by atoms with Crippen molar-refractivity contribution < 1.29 is 4.39 Å². The number of aryl methyl sites for hydroxylation is 1. The van der Waals surface area contributed by atoms with Crippen molar-refractivity contribution in [3.63, 3.8) is 0 Å². The van der Waals surface area contributed by atoms with Crippen LogP contribution in [0, 0.1) is 12.7 Å². The molecule has 0 heterocycles. The first-order chi connectivity index (χ1) is 8.97. The Labute approximate surface area is 129 Å². The molecule has 4 heteroatoms. The number of hydrogen-bond acceptors (Lipinski definition) is 1. The molecular weight excluding hydrogens is 373 g/mol. The molecule has 0 saturated heterocycles. The molecule has 2 rings (SSSR count). The maximum Gasteiger partial charge on any atom is 0.137 e. The topological polar surface area (TPSA) is 26.0 Å². The number of halogens is 3. The molecule has 0 aliphatic heterocycles. The fourth-order valence-electron chi connectivity index (χ4n) is 1.88. The third-order valence-electron chi connectivity index (χ3n) is 3.06. The summed E-state index contributed by atoms with van der Waals surface area (Å²) in [6.07, 6.45) is 0.675. The first-order valence-electron chi connectivity index (χ1n) is 5.93. The summed E-state index contributed by atoms with van der Waals surface area (Å²) in [6.45, 7) is 2.04. The zero-order valence-corrected chi connectivity index (χ0v) is 13.6. The third kappa shape index (κ3) is 3.65. The first kappa shape index (κ1) is 14.7. The molecule has 0 bridgehead atoms. The molecule has 0 aliphatic rings. The third-order valence-corrected chi connectivity index (χ3v) is 4.53. The lowest BCUT2D eigenvalue weighted by atomic mass is 9.99. The molecule has 1 atom stereocenters. The standard InChI is InChI=1S/C15H14Br2FN/c1-9-2-4-11(8-12(9)16)15(19)7-10-3-5-14(18)13(17)6-10/h2-6,8,15H,7,19H2,1H3. The second kappa shape index (κ2) is 6.16. The van der Waals surface area contributed by atoms with Crippen LogP contribution in [0.3, 0.4) is 0 Å². The van der Waals surface area contributed by atoms with Gasteiger partial charge in [-0.25, -0.2) is 4.39 Å². The van der Waals surface area contributed by atoms with Crippen LogP contribution < -0.4 is 5.73 Å². The van der Waals surface area contributed by atoms with E-state index in [2.05, 4.69) is 31.9 Å². The Balaban J connectivity index is 2.17. The Morgan fingerprint density at radius 1 is 1.11 bits per heavy atom. The van der Waals surface area contributed by atoms with E-state index in [1.54, 1.807) is 12.1 Å². The molecule has 0 amide bonds. The van der Waals surface area contributed by atoms with Gasteiger partial charge in [-0.2, -0.15) is 0 Å². The second-order valence-corrected chi connectivity index (χ2v) is 6.28. The summed E-state index contributed by atoms with van der Waals surface area (Å²) in [5, 5.41) is 0. The fourth-order valence-corrected chi connectivity index (χ4v) is 2.70.